The Morgan fingerprint density at radius 2 is 1.76 bits per heavy atom. The van der Waals surface area contributed by atoms with Crippen LogP contribution >= 0.6 is 0 Å². The smallest absolute Gasteiger partial charge is 0.140 e. The molecule has 0 unspecified atom stereocenters. The van der Waals surface area contributed by atoms with Gasteiger partial charge in [0.05, 0.1) is 0 Å². The zero-order valence-electron chi connectivity index (χ0n) is 10.5. The molecule has 17 heavy (non-hydrogen) atoms. The molecule has 0 spiro atoms. The van der Waals surface area contributed by atoms with Crippen molar-refractivity contribution in [2.45, 2.75) is 45.1 Å². The molecular formula is C15H21NO. The van der Waals surface area contributed by atoms with Crippen LogP contribution in [0.3, 0.4) is 0 Å². The van der Waals surface area contributed by atoms with Crippen molar-refractivity contribution >= 4 is 5.78 Å². The molecule has 0 saturated heterocycles. The van der Waals surface area contributed by atoms with Gasteiger partial charge in [-0.2, -0.15) is 0 Å². The van der Waals surface area contributed by atoms with Crippen molar-refractivity contribution in [3.8, 4) is 0 Å². The van der Waals surface area contributed by atoms with E-state index in [0.717, 1.165) is 31.2 Å². The fourth-order valence-electron chi connectivity index (χ4n) is 2.49. The lowest BCUT2D eigenvalue weighted by Crippen LogP contribution is -2.30. The highest BCUT2D eigenvalue weighted by Crippen LogP contribution is 2.25. The van der Waals surface area contributed by atoms with Gasteiger partial charge in [-0.15, -0.1) is 0 Å². The number of carbonyl (C=O) groups is 1. The van der Waals surface area contributed by atoms with E-state index < -0.39 is 0 Å². The van der Waals surface area contributed by atoms with Crippen LogP contribution < -0.4 is 5.73 Å². The van der Waals surface area contributed by atoms with Crippen molar-refractivity contribution in [1.82, 2.24) is 0 Å². The number of carbonyl (C=O) groups excluding carboxylic acids is 1. The molecule has 2 nitrogen and oxygen atoms in total. The van der Waals surface area contributed by atoms with E-state index in [1.54, 1.807) is 0 Å². The summed E-state index contributed by atoms with van der Waals surface area (Å²) in [5.74, 6) is 0.636. The van der Waals surface area contributed by atoms with E-state index in [-0.39, 0.29) is 5.92 Å². The average Bonchev–Trinajstić information content (AvgIpc) is 2.33. The topological polar surface area (TPSA) is 43.1 Å². The number of aryl methyl sites for hydroxylation is 1. The van der Waals surface area contributed by atoms with E-state index in [1.165, 1.54) is 5.56 Å². The summed E-state index contributed by atoms with van der Waals surface area (Å²) in [7, 11) is 0. The molecule has 1 fully saturated rings. The lowest BCUT2D eigenvalue weighted by atomic mass is 9.82. The van der Waals surface area contributed by atoms with Crippen molar-refractivity contribution in [2.75, 3.05) is 0 Å². The third-order valence-electron chi connectivity index (χ3n) is 3.73. The summed E-state index contributed by atoms with van der Waals surface area (Å²) >= 11 is 0. The van der Waals surface area contributed by atoms with Gasteiger partial charge in [-0.3, -0.25) is 4.79 Å². The Balaban J connectivity index is 1.90. The van der Waals surface area contributed by atoms with Crippen LogP contribution in [-0.4, -0.2) is 11.8 Å². The van der Waals surface area contributed by atoms with E-state index in [0.29, 0.717) is 18.2 Å². The molecule has 1 aromatic carbocycles. The van der Waals surface area contributed by atoms with Crippen molar-refractivity contribution in [1.29, 1.82) is 0 Å². The van der Waals surface area contributed by atoms with Gasteiger partial charge in [0.25, 0.3) is 0 Å². The summed E-state index contributed by atoms with van der Waals surface area (Å²) in [6, 6.07) is 8.57. The van der Waals surface area contributed by atoms with E-state index in [9.17, 15) is 4.79 Å². The molecule has 2 rings (SSSR count). The third kappa shape index (κ3) is 3.40. The Morgan fingerprint density at radius 1 is 1.18 bits per heavy atom. The van der Waals surface area contributed by atoms with Crippen LogP contribution in [-0.2, 0) is 11.2 Å². The number of nitrogens with two attached hydrogens (primary N) is 1. The second-order valence-electron chi connectivity index (χ2n) is 5.24. The second kappa shape index (κ2) is 5.46. The molecule has 0 amide bonds. The van der Waals surface area contributed by atoms with Crippen LogP contribution in [0.15, 0.2) is 24.3 Å². The fourth-order valence-corrected chi connectivity index (χ4v) is 2.49. The molecule has 0 aliphatic heterocycles. The van der Waals surface area contributed by atoms with Crippen LogP contribution in [0.4, 0.5) is 0 Å². The summed E-state index contributed by atoms with van der Waals surface area (Å²) < 4.78 is 0. The van der Waals surface area contributed by atoms with Crippen molar-refractivity contribution < 1.29 is 4.79 Å². The highest BCUT2D eigenvalue weighted by Gasteiger charge is 2.24. The van der Waals surface area contributed by atoms with Crippen molar-refractivity contribution in [2.24, 2.45) is 11.7 Å². The largest absolute Gasteiger partial charge is 0.328 e. The second-order valence-corrected chi connectivity index (χ2v) is 5.24. The number of hydrogen-bond donors (Lipinski definition) is 1. The summed E-state index contributed by atoms with van der Waals surface area (Å²) in [6.07, 6.45) is 4.55. The van der Waals surface area contributed by atoms with Gasteiger partial charge in [0.2, 0.25) is 0 Å². The van der Waals surface area contributed by atoms with Gasteiger partial charge in [-0.05, 0) is 38.2 Å². The first-order chi connectivity index (χ1) is 8.15. The standard InChI is InChI=1S/C15H21NO/c1-11-2-4-12(5-3-11)10-15(17)13-6-8-14(16)9-7-13/h2-5,13-14H,6-10,16H2,1H3. The van der Waals surface area contributed by atoms with Crippen LogP contribution in [0.5, 0.6) is 0 Å². The number of rotatable bonds is 3. The maximum atomic E-state index is 12.1. The van der Waals surface area contributed by atoms with Gasteiger partial charge >= 0.3 is 0 Å². The van der Waals surface area contributed by atoms with Gasteiger partial charge in [0.15, 0.2) is 0 Å². The van der Waals surface area contributed by atoms with Gasteiger partial charge in [-0.25, -0.2) is 0 Å². The molecule has 0 radical (unpaired) electrons. The minimum Gasteiger partial charge on any atom is -0.328 e. The molecule has 92 valence electrons. The zero-order valence-corrected chi connectivity index (χ0v) is 10.5. The van der Waals surface area contributed by atoms with Gasteiger partial charge in [0, 0.05) is 18.4 Å². The molecule has 2 heteroatoms. The number of Topliss-reactive ketones (excluding diaryl/α,β-unsaturated/α-hetero) is 1. The summed E-state index contributed by atoms with van der Waals surface area (Å²) in [5, 5.41) is 0. The monoisotopic (exact) mass is 231 g/mol. The zero-order chi connectivity index (χ0) is 12.3. The Kier molecular flexibility index (Phi) is 3.95. The Hall–Kier alpha value is -1.15. The first kappa shape index (κ1) is 12.3. The Bertz CT molecular complexity index is 374. The molecule has 2 N–H and O–H groups in total. The highest BCUT2D eigenvalue weighted by molar-refractivity contribution is 5.83. The molecule has 1 aliphatic carbocycles. The quantitative estimate of drug-likeness (QED) is 0.869. The van der Waals surface area contributed by atoms with Gasteiger partial charge in [0.1, 0.15) is 5.78 Å². The Labute approximate surface area is 103 Å². The van der Waals surface area contributed by atoms with Crippen molar-refractivity contribution in [3.63, 3.8) is 0 Å². The summed E-state index contributed by atoms with van der Waals surface area (Å²) in [4.78, 5) is 12.1. The first-order valence-electron chi connectivity index (χ1n) is 6.49. The summed E-state index contributed by atoms with van der Waals surface area (Å²) in [5.41, 5.74) is 8.23. The van der Waals surface area contributed by atoms with Gasteiger partial charge < -0.3 is 5.73 Å². The molecule has 0 aromatic heterocycles. The predicted molar refractivity (Wildman–Crippen MR) is 69.8 cm³/mol. The molecule has 1 aromatic rings. The number of hydrogen-bond acceptors (Lipinski definition) is 2. The normalized spacial score (nSPS) is 24.6. The van der Waals surface area contributed by atoms with E-state index >= 15 is 0 Å². The van der Waals surface area contributed by atoms with E-state index in [1.807, 2.05) is 0 Å². The maximum Gasteiger partial charge on any atom is 0.140 e. The first-order valence-corrected chi connectivity index (χ1v) is 6.49. The molecule has 0 bridgehead atoms. The molecule has 0 heterocycles. The fraction of sp³-hybridized carbons (Fsp3) is 0.533. The third-order valence-corrected chi connectivity index (χ3v) is 3.73. The van der Waals surface area contributed by atoms with Crippen molar-refractivity contribution in [3.05, 3.63) is 35.4 Å². The van der Waals surface area contributed by atoms with Gasteiger partial charge in [-0.1, -0.05) is 29.8 Å². The minimum atomic E-state index is 0.246. The lowest BCUT2D eigenvalue weighted by Gasteiger charge is -2.24. The number of ketones is 1. The lowest BCUT2D eigenvalue weighted by molar-refractivity contribution is -0.123. The average molecular weight is 231 g/mol. The molecular weight excluding hydrogens is 210 g/mol. The van der Waals surface area contributed by atoms with Crippen LogP contribution in [0.2, 0.25) is 0 Å². The van der Waals surface area contributed by atoms with Crippen LogP contribution in [0.25, 0.3) is 0 Å². The number of benzene rings is 1. The predicted octanol–water partition coefficient (Wildman–Crippen LogP) is 2.62. The molecule has 1 aliphatic rings. The van der Waals surface area contributed by atoms with Crippen LogP contribution in [0, 0.1) is 12.8 Å². The van der Waals surface area contributed by atoms with E-state index in [4.69, 9.17) is 5.73 Å². The molecule has 0 atom stereocenters. The Morgan fingerprint density at radius 3 is 2.35 bits per heavy atom. The van der Waals surface area contributed by atoms with E-state index in [2.05, 4.69) is 31.2 Å². The maximum absolute atomic E-state index is 12.1. The summed E-state index contributed by atoms with van der Waals surface area (Å²) in [6.45, 7) is 2.06. The minimum absolute atomic E-state index is 0.246. The SMILES string of the molecule is Cc1ccc(CC(=O)C2CCC(N)CC2)cc1. The van der Waals surface area contributed by atoms with Crippen LogP contribution in [0.1, 0.15) is 36.8 Å². The highest BCUT2D eigenvalue weighted by atomic mass is 16.1. The molecule has 1 saturated carbocycles.